The molecule has 13 heteroatoms. The van der Waals surface area contributed by atoms with Crippen LogP contribution in [-0.2, 0) is 47.6 Å². The lowest BCUT2D eigenvalue weighted by molar-refractivity contribution is -0.237. The summed E-state index contributed by atoms with van der Waals surface area (Å²) in [6, 6.07) is 16.2. The van der Waals surface area contributed by atoms with Crippen molar-refractivity contribution in [3.05, 3.63) is 59.7 Å². The van der Waals surface area contributed by atoms with Gasteiger partial charge in [0.2, 0.25) is 0 Å². The van der Waals surface area contributed by atoms with Gasteiger partial charge in [-0.2, -0.15) is 0 Å². The van der Waals surface area contributed by atoms with Crippen LogP contribution in [-0.4, -0.2) is 85.3 Å². The lowest BCUT2D eigenvalue weighted by atomic mass is 9.98. The third kappa shape index (κ3) is 8.98. The van der Waals surface area contributed by atoms with Crippen LogP contribution in [0.2, 0.25) is 0 Å². The van der Waals surface area contributed by atoms with Crippen LogP contribution in [0.5, 0.6) is 0 Å². The molecule has 1 amide bonds. The first-order valence-corrected chi connectivity index (χ1v) is 15.6. The molecule has 0 radical (unpaired) electrons. The maximum Gasteiger partial charge on any atom is 0.407 e. The molecule has 0 aromatic heterocycles. The number of fused-ring (bicyclic) bond motifs is 3. The van der Waals surface area contributed by atoms with E-state index < -0.39 is 59.8 Å². The van der Waals surface area contributed by atoms with Crippen molar-refractivity contribution in [1.82, 2.24) is 5.32 Å². The van der Waals surface area contributed by atoms with Crippen LogP contribution < -0.4 is 5.32 Å². The fourth-order valence-electron chi connectivity index (χ4n) is 5.43. The number of nitrogens with one attached hydrogen (secondary N) is 1. The molecule has 242 valence electrons. The zero-order valence-electron chi connectivity index (χ0n) is 25.5. The van der Waals surface area contributed by atoms with Crippen LogP contribution in [0.4, 0.5) is 4.79 Å². The van der Waals surface area contributed by atoms with E-state index in [4.69, 9.17) is 28.4 Å². The van der Waals surface area contributed by atoms with Gasteiger partial charge in [0, 0.05) is 40.2 Å². The number of carbonyl (C=O) groups is 5. The molecule has 1 saturated heterocycles. The van der Waals surface area contributed by atoms with E-state index in [0.717, 1.165) is 22.3 Å². The van der Waals surface area contributed by atoms with Gasteiger partial charge in [0.15, 0.2) is 18.3 Å². The summed E-state index contributed by atoms with van der Waals surface area (Å²) >= 11 is 1.24. The molecule has 1 aliphatic carbocycles. The number of hydrogen-bond donors (Lipinski definition) is 1. The molecule has 1 N–H and O–H groups in total. The lowest BCUT2D eigenvalue weighted by Gasteiger charge is -2.44. The SMILES string of the molecule is CC(=O)OC[C@H]1O[C@@H](SCCCNC(=O)OCC2c3ccccc3-c3ccccc32)[C@H](OC(C)=O)[C@@H](OC(C)=O)[C@@H]1OC(C)=O. The van der Waals surface area contributed by atoms with E-state index in [2.05, 4.69) is 17.4 Å². The van der Waals surface area contributed by atoms with E-state index in [9.17, 15) is 24.0 Å². The van der Waals surface area contributed by atoms with Gasteiger partial charge in [-0.1, -0.05) is 48.5 Å². The molecule has 12 nitrogen and oxygen atoms in total. The van der Waals surface area contributed by atoms with Gasteiger partial charge >= 0.3 is 30.0 Å². The fourth-order valence-corrected chi connectivity index (χ4v) is 6.60. The first-order chi connectivity index (χ1) is 21.5. The van der Waals surface area contributed by atoms with Crippen LogP contribution in [0.25, 0.3) is 11.1 Å². The van der Waals surface area contributed by atoms with Gasteiger partial charge in [-0.05, 0) is 34.4 Å². The number of carbonyl (C=O) groups excluding carboxylic acids is 5. The number of rotatable bonds is 12. The topological polar surface area (TPSA) is 153 Å². The van der Waals surface area contributed by atoms with Gasteiger partial charge in [-0.25, -0.2) is 4.79 Å². The second-order valence-corrected chi connectivity index (χ2v) is 11.8. The van der Waals surface area contributed by atoms with E-state index in [0.29, 0.717) is 12.2 Å². The van der Waals surface area contributed by atoms with Gasteiger partial charge in [-0.3, -0.25) is 19.2 Å². The zero-order chi connectivity index (χ0) is 32.5. The molecule has 1 fully saturated rings. The van der Waals surface area contributed by atoms with E-state index in [1.165, 1.54) is 39.5 Å². The van der Waals surface area contributed by atoms with Crippen molar-refractivity contribution in [3.8, 4) is 11.1 Å². The average molecular weight is 644 g/mol. The molecule has 1 heterocycles. The molecule has 0 saturated carbocycles. The summed E-state index contributed by atoms with van der Waals surface area (Å²) in [6.45, 7) is 4.93. The largest absolute Gasteiger partial charge is 0.463 e. The Kier molecular flexibility index (Phi) is 11.8. The van der Waals surface area contributed by atoms with Crippen molar-refractivity contribution in [1.29, 1.82) is 0 Å². The summed E-state index contributed by atoms with van der Waals surface area (Å²) in [4.78, 5) is 59.9. The van der Waals surface area contributed by atoms with Gasteiger partial charge in [0.05, 0.1) is 0 Å². The maximum absolute atomic E-state index is 12.5. The van der Waals surface area contributed by atoms with Gasteiger partial charge in [-0.15, -0.1) is 11.8 Å². The molecule has 2 aromatic rings. The van der Waals surface area contributed by atoms with Crippen molar-refractivity contribution in [2.75, 3.05) is 25.5 Å². The van der Waals surface area contributed by atoms with Crippen molar-refractivity contribution in [2.45, 2.75) is 69.9 Å². The molecular weight excluding hydrogens is 606 g/mol. The minimum Gasteiger partial charge on any atom is -0.463 e. The Hall–Kier alpha value is -4.10. The molecule has 2 aliphatic rings. The smallest absolute Gasteiger partial charge is 0.407 e. The highest BCUT2D eigenvalue weighted by Gasteiger charge is 2.52. The van der Waals surface area contributed by atoms with Crippen molar-refractivity contribution in [3.63, 3.8) is 0 Å². The number of alkyl carbamates (subject to hydrolysis) is 1. The predicted octanol–water partition coefficient (Wildman–Crippen LogP) is 3.73. The number of ether oxygens (including phenoxy) is 6. The lowest BCUT2D eigenvalue weighted by Crippen LogP contribution is -2.61. The van der Waals surface area contributed by atoms with E-state index in [1.807, 2.05) is 36.4 Å². The third-order valence-corrected chi connectivity index (χ3v) is 8.40. The Morgan fingerprint density at radius 1 is 0.711 bits per heavy atom. The Balaban J connectivity index is 1.33. The molecule has 45 heavy (non-hydrogen) atoms. The normalized spacial score (nSPS) is 21.9. The van der Waals surface area contributed by atoms with Crippen LogP contribution in [0.15, 0.2) is 48.5 Å². The Morgan fingerprint density at radius 3 is 1.84 bits per heavy atom. The van der Waals surface area contributed by atoms with Crippen molar-refractivity contribution >= 4 is 41.7 Å². The summed E-state index contributed by atoms with van der Waals surface area (Å²) in [5.41, 5.74) is 3.64. The predicted molar refractivity (Wildman–Crippen MR) is 162 cm³/mol. The minimum absolute atomic E-state index is 0.0544. The van der Waals surface area contributed by atoms with E-state index in [1.54, 1.807) is 0 Å². The summed E-state index contributed by atoms with van der Waals surface area (Å²) in [7, 11) is 0. The third-order valence-electron chi connectivity index (χ3n) is 7.16. The van der Waals surface area contributed by atoms with E-state index in [-0.39, 0.29) is 25.7 Å². The average Bonchev–Trinajstić information content (AvgIpc) is 3.30. The quantitative estimate of drug-likeness (QED) is 0.204. The Bertz CT molecular complexity index is 1350. The second kappa shape index (κ2) is 15.8. The molecular formula is C32H37NO11S. The van der Waals surface area contributed by atoms with Crippen LogP contribution in [0.3, 0.4) is 0 Å². The minimum atomic E-state index is -1.22. The van der Waals surface area contributed by atoms with Crippen LogP contribution in [0, 0.1) is 0 Å². The van der Waals surface area contributed by atoms with Crippen LogP contribution >= 0.6 is 11.8 Å². The fraction of sp³-hybridized carbons (Fsp3) is 0.469. The summed E-state index contributed by atoms with van der Waals surface area (Å²) in [6.07, 6.45) is -4.63. The first kappa shape index (κ1) is 33.8. The molecule has 5 atom stereocenters. The Morgan fingerprint density at radius 2 is 1.27 bits per heavy atom. The second-order valence-electron chi connectivity index (χ2n) is 10.5. The van der Waals surface area contributed by atoms with Gasteiger partial charge in [0.25, 0.3) is 0 Å². The maximum atomic E-state index is 12.5. The molecule has 0 spiro atoms. The first-order valence-electron chi connectivity index (χ1n) is 14.6. The molecule has 2 aromatic carbocycles. The number of hydrogen-bond acceptors (Lipinski definition) is 12. The highest BCUT2D eigenvalue weighted by Crippen LogP contribution is 2.44. The van der Waals surface area contributed by atoms with Gasteiger partial charge in [0.1, 0.15) is 24.8 Å². The highest BCUT2D eigenvalue weighted by atomic mass is 32.2. The number of thioether (sulfide) groups is 1. The molecule has 1 aliphatic heterocycles. The summed E-state index contributed by atoms with van der Waals surface area (Å²) in [5.74, 6) is -2.27. The molecule has 4 rings (SSSR count). The molecule has 0 unspecified atom stereocenters. The summed E-state index contributed by atoms with van der Waals surface area (Å²) in [5, 5.41) is 2.76. The molecule has 0 bridgehead atoms. The van der Waals surface area contributed by atoms with Crippen molar-refractivity contribution in [2.24, 2.45) is 0 Å². The van der Waals surface area contributed by atoms with Crippen LogP contribution in [0.1, 0.15) is 51.2 Å². The number of benzene rings is 2. The monoisotopic (exact) mass is 643 g/mol. The summed E-state index contributed by atoms with van der Waals surface area (Å²) < 4.78 is 33.1. The Labute approximate surface area is 265 Å². The highest BCUT2D eigenvalue weighted by molar-refractivity contribution is 7.99. The van der Waals surface area contributed by atoms with Crippen molar-refractivity contribution < 1.29 is 52.4 Å². The number of amides is 1. The number of esters is 4. The van der Waals surface area contributed by atoms with E-state index >= 15 is 0 Å². The zero-order valence-corrected chi connectivity index (χ0v) is 26.3. The van der Waals surface area contributed by atoms with Gasteiger partial charge < -0.3 is 33.7 Å². The standard InChI is InChI=1S/C32H37NO11S/c1-18(34)39-17-27-28(41-19(2)35)29(42-20(3)36)30(43-21(4)37)31(44-27)45-15-9-14-33-32(38)40-16-26-24-12-7-5-10-22(24)23-11-6-8-13-25(23)26/h5-8,10-13,26-31H,9,14-17H2,1-4H3,(H,33,38)/t27-,28-,29+,30-,31+/m1/s1.